The molecule has 0 unspecified atom stereocenters. The van der Waals surface area contributed by atoms with Gasteiger partial charge in [-0.05, 0) is 19.8 Å². The van der Waals surface area contributed by atoms with Crippen LogP contribution in [-0.2, 0) is 11.7 Å². The van der Waals surface area contributed by atoms with Gasteiger partial charge in [-0.1, -0.05) is 12.8 Å². The second-order valence-electron chi connectivity index (χ2n) is 5.57. The lowest BCUT2D eigenvalue weighted by Gasteiger charge is -2.28. The van der Waals surface area contributed by atoms with E-state index in [2.05, 4.69) is 15.3 Å². The highest BCUT2D eigenvalue weighted by molar-refractivity contribution is 7.10. The van der Waals surface area contributed by atoms with Crippen LogP contribution in [0.4, 0.5) is 13.2 Å². The van der Waals surface area contributed by atoms with Crippen molar-refractivity contribution >= 4 is 28.6 Å². The Kier molecular flexibility index (Phi) is 4.18. The molecule has 4 nitrogen and oxygen atoms in total. The number of aryl methyl sites for hydroxylation is 1. The molecule has 1 N–H and O–H groups in total. The molecule has 0 aliphatic heterocycles. The molecule has 3 rings (SSSR count). The number of carbonyl (C=O) groups excluding carboxylic acids is 1. The van der Waals surface area contributed by atoms with E-state index in [1.807, 2.05) is 12.3 Å². The predicted octanol–water partition coefficient (Wildman–Crippen LogP) is 4.13. The molecule has 1 aliphatic carbocycles. The van der Waals surface area contributed by atoms with Crippen molar-refractivity contribution < 1.29 is 18.0 Å². The van der Waals surface area contributed by atoms with Crippen molar-refractivity contribution in [1.29, 1.82) is 0 Å². The number of aromatic nitrogens is 2. The maximum absolute atomic E-state index is 13.0. The lowest BCUT2D eigenvalue weighted by atomic mass is 9.98. The Morgan fingerprint density at radius 2 is 2.00 bits per heavy atom. The SMILES string of the molecule is Cc1csc(C2(NC(=O)c3ncsc3C(F)(F)F)CCCC2)n1. The molecule has 23 heavy (non-hydrogen) atoms. The van der Waals surface area contributed by atoms with Crippen molar-refractivity contribution in [3.05, 3.63) is 32.2 Å². The van der Waals surface area contributed by atoms with Crippen molar-refractivity contribution in [3.63, 3.8) is 0 Å². The van der Waals surface area contributed by atoms with E-state index in [-0.39, 0.29) is 0 Å². The van der Waals surface area contributed by atoms with Gasteiger partial charge in [0, 0.05) is 11.1 Å². The van der Waals surface area contributed by atoms with Crippen LogP contribution in [0.2, 0.25) is 0 Å². The maximum atomic E-state index is 13.0. The third-order valence-corrected chi connectivity index (χ3v) is 5.91. The second-order valence-corrected chi connectivity index (χ2v) is 7.28. The number of thiazole rings is 2. The molecule has 0 aromatic carbocycles. The van der Waals surface area contributed by atoms with E-state index < -0.39 is 28.2 Å². The number of alkyl halides is 3. The Labute approximate surface area is 138 Å². The first-order valence-electron chi connectivity index (χ1n) is 7.08. The Hall–Kier alpha value is -1.48. The van der Waals surface area contributed by atoms with Gasteiger partial charge in [0.05, 0.1) is 11.0 Å². The Balaban J connectivity index is 1.90. The van der Waals surface area contributed by atoms with E-state index in [1.54, 1.807) is 0 Å². The van der Waals surface area contributed by atoms with Crippen LogP contribution in [0.15, 0.2) is 10.9 Å². The molecule has 0 saturated heterocycles. The van der Waals surface area contributed by atoms with Crippen LogP contribution < -0.4 is 5.32 Å². The summed E-state index contributed by atoms with van der Waals surface area (Å²) in [4.78, 5) is 19.5. The largest absolute Gasteiger partial charge is 0.427 e. The zero-order valence-electron chi connectivity index (χ0n) is 12.2. The summed E-state index contributed by atoms with van der Waals surface area (Å²) in [5.41, 5.74) is 0.659. The molecule has 0 radical (unpaired) electrons. The van der Waals surface area contributed by atoms with Gasteiger partial charge in [0.2, 0.25) is 0 Å². The predicted molar refractivity (Wildman–Crippen MR) is 81.6 cm³/mol. The zero-order chi connectivity index (χ0) is 16.7. The molecular weight excluding hydrogens is 347 g/mol. The van der Waals surface area contributed by atoms with Crippen LogP contribution in [-0.4, -0.2) is 15.9 Å². The molecule has 1 amide bonds. The highest BCUT2D eigenvalue weighted by atomic mass is 32.1. The minimum atomic E-state index is -4.57. The summed E-state index contributed by atoms with van der Waals surface area (Å²) in [7, 11) is 0. The number of hydrogen-bond donors (Lipinski definition) is 1. The number of amides is 1. The second kappa shape index (κ2) is 5.86. The average Bonchev–Trinajstić information content (AvgIpc) is 3.16. The fourth-order valence-corrected chi connectivity index (χ4v) is 4.50. The van der Waals surface area contributed by atoms with Gasteiger partial charge in [-0.3, -0.25) is 4.79 Å². The number of rotatable bonds is 3. The van der Waals surface area contributed by atoms with Crippen molar-refractivity contribution in [2.75, 3.05) is 0 Å². The summed E-state index contributed by atoms with van der Waals surface area (Å²) in [6.45, 7) is 1.85. The fourth-order valence-electron chi connectivity index (χ4n) is 2.83. The smallest absolute Gasteiger partial charge is 0.339 e. The minimum absolute atomic E-state index is 0.432. The summed E-state index contributed by atoms with van der Waals surface area (Å²) < 4.78 is 38.9. The average molecular weight is 361 g/mol. The first-order chi connectivity index (χ1) is 10.8. The van der Waals surface area contributed by atoms with Gasteiger partial charge >= 0.3 is 6.18 Å². The van der Waals surface area contributed by atoms with Gasteiger partial charge < -0.3 is 5.32 Å². The molecule has 2 heterocycles. The maximum Gasteiger partial charge on any atom is 0.427 e. The molecule has 0 atom stereocenters. The van der Waals surface area contributed by atoms with Crippen LogP contribution in [0.5, 0.6) is 0 Å². The number of hydrogen-bond acceptors (Lipinski definition) is 5. The van der Waals surface area contributed by atoms with Gasteiger partial charge in [-0.15, -0.1) is 22.7 Å². The molecule has 0 bridgehead atoms. The van der Waals surface area contributed by atoms with Gasteiger partial charge in [-0.25, -0.2) is 9.97 Å². The summed E-state index contributed by atoms with van der Waals surface area (Å²) in [5, 5.41) is 5.42. The Morgan fingerprint density at radius 3 is 2.57 bits per heavy atom. The standard InChI is InChI=1S/C14H14F3N3OS2/c1-8-6-22-12(19-8)13(4-2-3-5-13)20-11(21)9-10(14(15,16)17)23-7-18-9/h6-7H,2-5H2,1H3,(H,20,21). The minimum Gasteiger partial charge on any atom is -0.339 e. The molecule has 9 heteroatoms. The number of carbonyl (C=O) groups is 1. The lowest BCUT2D eigenvalue weighted by molar-refractivity contribution is -0.134. The third kappa shape index (κ3) is 3.12. The Morgan fingerprint density at radius 1 is 1.30 bits per heavy atom. The van der Waals surface area contributed by atoms with Crippen molar-refractivity contribution in [2.24, 2.45) is 0 Å². The summed E-state index contributed by atoms with van der Waals surface area (Å²) >= 11 is 1.86. The monoisotopic (exact) mass is 361 g/mol. The first-order valence-corrected chi connectivity index (χ1v) is 8.83. The third-order valence-electron chi connectivity index (χ3n) is 3.88. The van der Waals surface area contributed by atoms with Gasteiger partial charge in [0.1, 0.15) is 9.88 Å². The molecular formula is C14H14F3N3OS2. The number of nitrogens with zero attached hydrogens (tertiary/aromatic N) is 2. The molecule has 1 aliphatic rings. The van der Waals surface area contributed by atoms with E-state index in [1.165, 1.54) is 11.3 Å². The molecule has 1 fully saturated rings. The summed E-state index contributed by atoms with van der Waals surface area (Å²) in [6, 6.07) is 0. The Bertz CT molecular complexity index is 717. The van der Waals surface area contributed by atoms with Gasteiger partial charge in [0.25, 0.3) is 5.91 Å². The number of halogens is 3. The quantitative estimate of drug-likeness (QED) is 0.894. The highest BCUT2D eigenvalue weighted by Gasteiger charge is 2.43. The van der Waals surface area contributed by atoms with Crippen LogP contribution in [0.25, 0.3) is 0 Å². The molecule has 0 spiro atoms. The summed E-state index contributed by atoms with van der Waals surface area (Å²) in [6.07, 6.45) is -1.41. The van der Waals surface area contributed by atoms with Crippen molar-refractivity contribution in [3.8, 4) is 0 Å². The van der Waals surface area contributed by atoms with Gasteiger partial charge in [0.15, 0.2) is 5.69 Å². The van der Waals surface area contributed by atoms with Crippen LogP contribution in [0.1, 0.15) is 51.8 Å². The van der Waals surface area contributed by atoms with E-state index in [0.717, 1.165) is 29.1 Å². The van der Waals surface area contributed by atoms with E-state index in [0.29, 0.717) is 24.2 Å². The molecule has 124 valence electrons. The fraction of sp³-hybridized carbons (Fsp3) is 0.500. The lowest BCUT2D eigenvalue weighted by Crippen LogP contribution is -2.44. The summed E-state index contributed by atoms with van der Waals surface area (Å²) in [5.74, 6) is -0.784. The molecule has 2 aromatic rings. The van der Waals surface area contributed by atoms with Crippen LogP contribution in [0, 0.1) is 6.92 Å². The molecule has 2 aromatic heterocycles. The molecule has 1 saturated carbocycles. The van der Waals surface area contributed by atoms with Crippen molar-refractivity contribution in [1.82, 2.24) is 15.3 Å². The van der Waals surface area contributed by atoms with E-state index >= 15 is 0 Å². The van der Waals surface area contributed by atoms with E-state index in [4.69, 9.17) is 0 Å². The highest BCUT2D eigenvalue weighted by Crippen LogP contribution is 2.41. The van der Waals surface area contributed by atoms with Gasteiger partial charge in [-0.2, -0.15) is 13.2 Å². The number of nitrogens with one attached hydrogen (secondary N) is 1. The van der Waals surface area contributed by atoms with Crippen LogP contribution in [0.3, 0.4) is 0 Å². The first kappa shape index (κ1) is 16.4. The zero-order valence-corrected chi connectivity index (χ0v) is 13.9. The topological polar surface area (TPSA) is 54.9 Å². The van der Waals surface area contributed by atoms with Crippen LogP contribution >= 0.6 is 22.7 Å². The van der Waals surface area contributed by atoms with Crippen molar-refractivity contribution in [2.45, 2.75) is 44.3 Å². The normalized spacial score (nSPS) is 17.4. The van der Waals surface area contributed by atoms with E-state index in [9.17, 15) is 18.0 Å².